The van der Waals surface area contributed by atoms with Gasteiger partial charge in [-0.1, -0.05) is 13.2 Å². The molecule has 2 aliphatic rings. The van der Waals surface area contributed by atoms with E-state index in [2.05, 4.69) is 35.1 Å². The molecule has 6 nitrogen and oxygen atoms in total. The van der Waals surface area contributed by atoms with Gasteiger partial charge in [-0.3, -0.25) is 9.80 Å². The maximum absolute atomic E-state index is 5.97. The monoisotopic (exact) mass is 360 g/mol. The summed E-state index contributed by atoms with van der Waals surface area (Å²) in [5, 5.41) is 0. The van der Waals surface area contributed by atoms with Crippen molar-refractivity contribution in [1.29, 1.82) is 0 Å². The fourth-order valence-corrected chi connectivity index (χ4v) is 3.25. The standard InChI is InChI=1S/C20H28N2O4/c1-3-23-9-5-7-21-13-17-11-20-18(12-19(17)25-15-21)14-22(16-26-20)8-6-10-24-4-2/h3-4,11-12H,1-2,5-10,13-16H2. The zero-order valence-electron chi connectivity index (χ0n) is 15.3. The molecule has 0 aliphatic carbocycles. The predicted octanol–water partition coefficient (Wildman–Crippen LogP) is 3.09. The Morgan fingerprint density at radius 3 is 1.73 bits per heavy atom. The quantitative estimate of drug-likeness (QED) is 0.472. The molecule has 3 rings (SSSR count). The molecule has 1 aromatic carbocycles. The number of hydrogen-bond acceptors (Lipinski definition) is 6. The maximum atomic E-state index is 5.97. The highest BCUT2D eigenvalue weighted by Gasteiger charge is 2.23. The molecule has 0 amide bonds. The number of benzene rings is 1. The molecular formula is C20H28N2O4. The maximum Gasteiger partial charge on any atom is 0.142 e. The van der Waals surface area contributed by atoms with Crippen molar-refractivity contribution in [3.63, 3.8) is 0 Å². The number of ether oxygens (including phenoxy) is 4. The molecule has 6 heteroatoms. The Morgan fingerprint density at radius 1 is 0.846 bits per heavy atom. The summed E-state index contributed by atoms with van der Waals surface area (Å²) in [5.74, 6) is 1.95. The van der Waals surface area contributed by atoms with Crippen molar-refractivity contribution in [2.45, 2.75) is 25.9 Å². The van der Waals surface area contributed by atoms with E-state index in [1.807, 2.05) is 0 Å². The molecule has 2 heterocycles. The number of nitrogens with zero attached hydrogens (tertiary/aromatic N) is 2. The van der Waals surface area contributed by atoms with Crippen LogP contribution >= 0.6 is 0 Å². The summed E-state index contributed by atoms with van der Waals surface area (Å²) in [6.07, 6.45) is 4.89. The van der Waals surface area contributed by atoms with Crippen LogP contribution in [0.4, 0.5) is 0 Å². The van der Waals surface area contributed by atoms with Gasteiger partial charge in [0, 0.05) is 37.3 Å². The molecule has 0 saturated carbocycles. The lowest BCUT2D eigenvalue weighted by molar-refractivity contribution is 0.0775. The smallest absolute Gasteiger partial charge is 0.142 e. The van der Waals surface area contributed by atoms with E-state index in [1.165, 1.54) is 23.7 Å². The zero-order valence-corrected chi connectivity index (χ0v) is 15.3. The van der Waals surface area contributed by atoms with Gasteiger partial charge in [0.05, 0.1) is 25.7 Å². The number of rotatable bonds is 10. The largest absolute Gasteiger partial charge is 0.502 e. The van der Waals surface area contributed by atoms with E-state index in [0.717, 1.165) is 50.5 Å². The molecule has 0 unspecified atom stereocenters. The van der Waals surface area contributed by atoms with Crippen LogP contribution in [0, 0.1) is 0 Å². The summed E-state index contributed by atoms with van der Waals surface area (Å²) >= 11 is 0. The Kier molecular flexibility index (Phi) is 6.80. The molecule has 0 spiro atoms. The van der Waals surface area contributed by atoms with Crippen LogP contribution in [0.25, 0.3) is 0 Å². The molecule has 0 radical (unpaired) electrons. The van der Waals surface area contributed by atoms with E-state index in [-0.39, 0.29) is 0 Å². The third kappa shape index (κ3) is 4.93. The Balaban J connectivity index is 1.54. The van der Waals surface area contributed by atoms with Crippen LogP contribution in [-0.4, -0.2) is 49.6 Å². The Bertz CT molecular complexity index is 566. The van der Waals surface area contributed by atoms with E-state index in [1.54, 1.807) is 0 Å². The molecule has 0 atom stereocenters. The molecule has 0 N–H and O–H groups in total. The van der Waals surface area contributed by atoms with Crippen LogP contribution in [-0.2, 0) is 22.6 Å². The molecular weight excluding hydrogens is 332 g/mol. The average molecular weight is 360 g/mol. The lowest BCUT2D eigenvalue weighted by Crippen LogP contribution is -2.35. The molecule has 1 aromatic rings. The SMILES string of the molecule is C=COCCCN1COc2cc3c(cc2C1)OCN(CCCOC=C)C3. The second-order valence-corrected chi connectivity index (χ2v) is 6.50. The van der Waals surface area contributed by atoms with Gasteiger partial charge in [-0.05, 0) is 25.0 Å². The molecule has 2 aliphatic heterocycles. The number of fused-ring (bicyclic) bond motifs is 2. The van der Waals surface area contributed by atoms with Gasteiger partial charge in [0.25, 0.3) is 0 Å². The Labute approximate surface area is 155 Å². The van der Waals surface area contributed by atoms with Crippen LogP contribution in [0.2, 0.25) is 0 Å². The normalized spacial score (nSPS) is 16.6. The van der Waals surface area contributed by atoms with Crippen molar-refractivity contribution in [2.75, 3.05) is 39.8 Å². The van der Waals surface area contributed by atoms with Crippen molar-refractivity contribution in [2.24, 2.45) is 0 Å². The Hall–Kier alpha value is -2.18. The van der Waals surface area contributed by atoms with Gasteiger partial charge in [-0.15, -0.1) is 0 Å². The second-order valence-electron chi connectivity index (χ2n) is 6.50. The summed E-state index contributed by atoms with van der Waals surface area (Å²) in [4.78, 5) is 4.55. The summed E-state index contributed by atoms with van der Waals surface area (Å²) in [6, 6.07) is 4.27. The summed E-state index contributed by atoms with van der Waals surface area (Å²) in [6.45, 7) is 13.3. The predicted molar refractivity (Wildman–Crippen MR) is 99.8 cm³/mol. The highest BCUT2D eigenvalue weighted by atomic mass is 16.5. The fraction of sp³-hybridized carbons (Fsp3) is 0.500. The molecule has 0 bridgehead atoms. The van der Waals surface area contributed by atoms with Crippen molar-refractivity contribution in [3.8, 4) is 11.5 Å². The van der Waals surface area contributed by atoms with Crippen molar-refractivity contribution < 1.29 is 18.9 Å². The molecule has 26 heavy (non-hydrogen) atoms. The first-order chi connectivity index (χ1) is 12.8. The third-order valence-electron chi connectivity index (χ3n) is 4.55. The average Bonchev–Trinajstić information content (AvgIpc) is 2.67. The van der Waals surface area contributed by atoms with E-state index < -0.39 is 0 Å². The molecule has 0 aromatic heterocycles. The van der Waals surface area contributed by atoms with E-state index >= 15 is 0 Å². The first-order valence-corrected chi connectivity index (χ1v) is 9.11. The van der Waals surface area contributed by atoms with Gasteiger partial charge < -0.3 is 18.9 Å². The van der Waals surface area contributed by atoms with Crippen molar-refractivity contribution >= 4 is 0 Å². The summed E-state index contributed by atoms with van der Waals surface area (Å²) < 4.78 is 22.3. The van der Waals surface area contributed by atoms with Gasteiger partial charge in [0.1, 0.15) is 25.0 Å². The molecule has 0 saturated heterocycles. The van der Waals surface area contributed by atoms with Gasteiger partial charge in [-0.25, -0.2) is 0 Å². The van der Waals surface area contributed by atoms with E-state index in [0.29, 0.717) is 26.7 Å². The lowest BCUT2D eigenvalue weighted by Gasteiger charge is -2.33. The minimum absolute atomic E-state index is 0.614. The third-order valence-corrected chi connectivity index (χ3v) is 4.55. The lowest BCUT2D eigenvalue weighted by atomic mass is 10.1. The van der Waals surface area contributed by atoms with Crippen LogP contribution in [0.3, 0.4) is 0 Å². The van der Waals surface area contributed by atoms with Crippen molar-refractivity contribution in [1.82, 2.24) is 9.80 Å². The first-order valence-electron chi connectivity index (χ1n) is 9.11. The molecule has 142 valence electrons. The summed E-state index contributed by atoms with van der Waals surface area (Å²) in [5.41, 5.74) is 2.37. The van der Waals surface area contributed by atoms with Gasteiger partial charge in [-0.2, -0.15) is 0 Å². The highest BCUT2D eigenvalue weighted by Crippen LogP contribution is 2.35. The topological polar surface area (TPSA) is 43.4 Å². The minimum atomic E-state index is 0.614. The van der Waals surface area contributed by atoms with Gasteiger partial charge in [0.15, 0.2) is 0 Å². The van der Waals surface area contributed by atoms with E-state index in [4.69, 9.17) is 18.9 Å². The first kappa shape index (κ1) is 18.6. The van der Waals surface area contributed by atoms with Crippen LogP contribution in [0.1, 0.15) is 24.0 Å². The van der Waals surface area contributed by atoms with Gasteiger partial charge in [0.2, 0.25) is 0 Å². The van der Waals surface area contributed by atoms with E-state index in [9.17, 15) is 0 Å². The molecule has 0 fully saturated rings. The van der Waals surface area contributed by atoms with Crippen LogP contribution < -0.4 is 9.47 Å². The zero-order chi connectivity index (χ0) is 18.2. The number of hydrogen-bond donors (Lipinski definition) is 0. The second kappa shape index (κ2) is 9.50. The Morgan fingerprint density at radius 2 is 1.31 bits per heavy atom. The minimum Gasteiger partial charge on any atom is -0.502 e. The summed E-state index contributed by atoms with van der Waals surface area (Å²) in [7, 11) is 0. The van der Waals surface area contributed by atoms with Crippen LogP contribution in [0.15, 0.2) is 37.8 Å². The van der Waals surface area contributed by atoms with Gasteiger partial charge >= 0.3 is 0 Å². The fourth-order valence-electron chi connectivity index (χ4n) is 3.25. The highest BCUT2D eigenvalue weighted by molar-refractivity contribution is 5.47. The van der Waals surface area contributed by atoms with Crippen molar-refractivity contribution in [3.05, 3.63) is 48.9 Å². The van der Waals surface area contributed by atoms with Crippen LogP contribution in [0.5, 0.6) is 11.5 Å².